The molecular weight excluding hydrogens is 266 g/mol. The molecule has 1 amide bonds. The van der Waals surface area contributed by atoms with Gasteiger partial charge in [0.25, 0.3) is 0 Å². The summed E-state index contributed by atoms with van der Waals surface area (Å²) in [6.45, 7) is 0.344. The lowest BCUT2D eigenvalue weighted by Gasteiger charge is -2.35. The fraction of sp³-hybridized carbons (Fsp3) is 0.471. The van der Waals surface area contributed by atoms with Crippen molar-refractivity contribution in [2.45, 2.75) is 44.4 Å². The van der Waals surface area contributed by atoms with E-state index >= 15 is 0 Å². The lowest BCUT2D eigenvalue weighted by Crippen LogP contribution is -2.44. The van der Waals surface area contributed by atoms with Gasteiger partial charge in [0, 0.05) is 12.1 Å². The summed E-state index contributed by atoms with van der Waals surface area (Å²) in [5, 5.41) is 0. The molecule has 1 aromatic carbocycles. The summed E-state index contributed by atoms with van der Waals surface area (Å²) in [6, 6.07) is 10.3. The van der Waals surface area contributed by atoms with E-state index in [-0.39, 0.29) is 18.2 Å². The Morgan fingerprint density at radius 1 is 1.24 bits per heavy atom. The fourth-order valence-corrected chi connectivity index (χ4v) is 3.41. The Morgan fingerprint density at radius 3 is 2.52 bits per heavy atom. The van der Waals surface area contributed by atoms with Crippen molar-refractivity contribution in [3.63, 3.8) is 0 Å². The minimum Gasteiger partial charge on any atom is -0.504 e. The Hall–Kier alpha value is -1.97. The van der Waals surface area contributed by atoms with Crippen LogP contribution in [0.4, 0.5) is 4.79 Å². The molecule has 2 heterocycles. The summed E-state index contributed by atoms with van der Waals surface area (Å²) in [5.41, 5.74) is 2.33. The average molecular weight is 287 g/mol. The molecule has 2 aliphatic rings. The molecule has 3 rings (SSSR count). The van der Waals surface area contributed by atoms with Crippen LogP contribution in [0.3, 0.4) is 0 Å². The number of nitrogens with zero attached hydrogens (tertiary/aromatic N) is 1. The summed E-state index contributed by atoms with van der Waals surface area (Å²) >= 11 is 0. The van der Waals surface area contributed by atoms with Crippen LogP contribution >= 0.6 is 0 Å². The number of hydrogen-bond donors (Lipinski definition) is 0. The topological polar surface area (TPSA) is 38.8 Å². The smallest absolute Gasteiger partial charge is 0.410 e. The van der Waals surface area contributed by atoms with Gasteiger partial charge in [0.05, 0.1) is 13.4 Å². The quantitative estimate of drug-likeness (QED) is 0.799. The van der Waals surface area contributed by atoms with Crippen molar-refractivity contribution in [1.29, 1.82) is 0 Å². The molecule has 0 aliphatic carbocycles. The lowest BCUT2D eigenvalue weighted by molar-refractivity contribution is 0.0715. The minimum atomic E-state index is -0.178. The molecule has 0 N–H and O–H groups in total. The van der Waals surface area contributed by atoms with Crippen LogP contribution in [0.2, 0.25) is 0 Å². The Kier molecular flexibility index (Phi) is 4.13. The van der Waals surface area contributed by atoms with Gasteiger partial charge in [0.15, 0.2) is 0 Å². The van der Waals surface area contributed by atoms with E-state index in [1.165, 1.54) is 5.57 Å². The highest BCUT2D eigenvalue weighted by molar-refractivity contribution is 5.69. The number of carbonyl (C=O) groups is 1. The molecule has 0 saturated carbocycles. The van der Waals surface area contributed by atoms with Crippen molar-refractivity contribution in [1.82, 2.24) is 4.90 Å². The third kappa shape index (κ3) is 3.04. The number of fused-ring (bicyclic) bond motifs is 2. The Balaban J connectivity index is 1.60. The summed E-state index contributed by atoms with van der Waals surface area (Å²) in [4.78, 5) is 14.3. The summed E-state index contributed by atoms with van der Waals surface area (Å²) in [7, 11) is 1.68. The van der Waals surface area contributed by atoms with E-state index in [4.69, 9.17) is 9.47 Å². The number of carbonyl (C=O) groups excluding carboxylic acids is 1. The molecule has 0 spiro atoms. The third-order valence-electron chi connectivity index (χ3n) is 4.32. The van der Waals surface area contributed by atoms with Gasteiger partial charge in [-0.05, 0) is 36.8 Å². The first-order chi connectivity index (χ1) is 10.3. The van der Waals surface area contributed by atoms with Crippen LogP contribution in [0.5, 0.6) is 0 Å². The second-order valence-corrected chi connectivity index (χ2v) is 5.75. The second kappa shape index (κ2) is 6.20. The zero-order valence-corrected chi connectivity index (χ0v) is 12.3. The van der Waals surface area contributed by atoms with E-state index in [2.05, 4.69) is 0 Å². The molecule has 2 saturated heterocycles. The molecule has 0 radical (unpaired) electrons. The number of hydrogen-bond acceptors (Lipinski definition) is 3. The zero-order valence-electron chi connectivity index (χ0n) is 12.3. The molecule has 2 bridgehead atoms. The van der Waals surface area contributed by atoms with E-state index in [0.717, 1.165) is 31.2 Å². The van der Waals surface area contributed by atoms with Crippen molar-refractivity contribution in [3.8, 4) is 0 Å². The first-order valence-electron chi connectivity index (χ1n) is 7.47. The molecule has 1 aromatic rings. The minimum absolute atomic E-state index is 0.178. The second-order valence-electron chi connectivity index (χ2n) is 5.75. The van der Waals surface area contributed by atoms with Gasteiger partial charge in [-0.15, -0.1) is 0 Å². The van der Waals surface area contributed by atoms with E-state index in [9.17, 15) is 4.79 Å². The van der Waals surface area contributed by atoms with E-state index in [0.29, 0.717) is 6.61 Å². The first kappa shape index (κ1) is 14.0. The van der Waals surface area contributed by atoms with E-state index < -0.39 is 0 Å². The Bertz CT molecular complexity index is 510. The molecule has 0 aromatic heterocycles. The number of rotatable bonds is 3. The summed E-state index contributed by atoms with van der Waals surface area (Å²) < 4.78 is 10.6. The SMILES string of the molecule is CO/C=C1\C[C@H]2CC[C@@H](C1)N2C(=O)OCc1ccccc1. The van der Waals surface area contributed by atoms with E-state index in [1.807, 2.05) is 41.5 Å². The van der Waals surface area contributed by atoms with Crippen LogP contribution in [0.25, 0.3) is 0 Å². The van der Waals surface area contributed by atoms with Gasteiger partial charge < -0.3 is 14.4 Å². The van der Waals surface area contributed by atoms with Gasteiger partial charge in [0.1, 0.15) is 6.61 Å². The van der Waals surface area contributed by atoms with Gasteiger partial charge in [-0.2, -0.15) is 0 Å². The van der Waals surface area contributed by atoms with Crippen molar-refractivity contribution in [2.75, 3.05) is 7.11 Å². The van der Waals surface area contributed by atoms with Crippen molar-refractivity contribution in [2.24, 2.45) is 0 Å². The van der Waals surface area contributed by atoms with Crippen molar-refractivity contribution >= 4 is 6.09 Å². The molecule has 4 heteroatoms. The van der Waals surface area contributed by atoms with Crippen LogP contribution in [-0.4, -0.2) is 30.2 Å². The number of methoxy groups -OCH3 is 1. The maximum absolute atomic E-state index is 12.3. The number of amides is 1. The maximum atomic E-state index is 12.3. The van der Waals surface area contributed by atoms with Gasteiger partial charge in [0.2, 0.25) is 0 Å². The predicted molar refractivity (Wildman–Crippen MR) is 79.6 cm³/mol. The van der Waals surface area contributed by atoms with Crippen LogP contribution in [0.1, 0.15) is 31.2 Å². The van der Waals surface area contributed by atoms with Crippen LogP contribution in [0.15, 0.2) is 42.2 Å². The lowest BCUT2D eigenvalue weighted by atomic mass is 9.98. The van der Waals surface area contributed by atoms with Gasteiger partial charge >= 0.3 is 6.09 Å². The van der Waals surface area contributed by atoms with Crippen molar-refractivity contribution in [3.05, 3.63) is 47.7 Å². The highest BCUT2D eigenvalue weighted by Crippen LogP contribution is 2.38. The Labute approximate surface area is 125 Å². The van der Waals surface area contributed by atoms with Crippen LogP contribution < -0.4 is 0 Å². The van der Waals surface area contributed by atoms with Crippen LogP contribution in [0, 0.1) is 0 Å². The predicted octanol–water partition coefficient (Wildman–Crippen LogP) is 3.48. The fourth-order valence-electron chi connectivity index (χ4n) is 3.41. The number of benzene rings is 1. The molecule has 2 atom stereocenters. The highest BCUT2D eigenvalue weighted by Gasteiger charge is 2.42. The Morgan fingerprint density at radius 2 is 1.90 bits per heavy atom. The van der Waals surface area contributed by atoms with Crippen molar-refractivity contribution < 1.29 is 14.3 Å². The summed E-state index contributed by atoms with van der Waals surface area (Å²) in [5.74, 6) is 0. The average Bonchev–Trinajstić information content (AvgIpc) is 2.78. The third-order valence-corrected chi connectivity index (χ3v) is 4.32. The molecule has 0 unspecified atom stereocenters. The van der Waals surface area contributed by atoms with Gasteiger partial charge in [-0.25, -0.2) is 4.79 Å². The zero-order chi connectivity index (χ0) is 14.7. The normalized spacial score (nSPS) is 26.0. The molecule has 4 nitrogen and oxygen atoms in total. The van der Waals surface area contributed by atoms with E-state index in [1.54, 1.807) is 7.11 Å². The molecule has 112 valence electrons. The molecular formula is C17H21NO3. The van der Waals surface area contributed by atoms with Gasteiger partial charge in [-0.3, -0.25) is 0 Å². The molecule has 21 heavy (non-hydrogen) atoms. The molecule has 2 aliphatic heterocycles. The maximum Gasteiger partial charge on any atom is 0.410 e. The largest absolute Gasteiger partial charge is 0.504 e. The van der Waals surface area contributed by atoms with Crippen LogP contribution in [-0.2, 0) is 16.1 Å². The standard InChI is InChI=1S/C17H21NO3/c1-20-11-14-9-15-7-8-16(10-14)18(15)17(19)21-12-13-5-3-2-4-6-13/h2-6,11,15-16H,7-10,12H2,1H3/b14-11-/t15-,16+/m0/s1. The molecule has 2 fully saturated rings. The summed E-state index contributed by atoms with van der Waals surface area (Å²) in [6.07, 6.45) is 5.59. The monoisotopic (exact) mass is 287 g/mol. The highest BCUT2D eigenvalue weighted by atomic mass is 16.6. The first-order valence-corrected chi connectivity index (χ1v) is 7.47. The number of ether oxygens (including phenoxy) is 2. The number of piperidine rings is 1. The van der Waals surface area contributed by atoms with Gasteiger partial charge in [-0.1, -0.05) is 30.3 Å².